The first-order chi connectivity index (χ1) is 13.1. The molecule has 0 unspecified atom stereocenters. The fourth-order valence-corrected chi connectivity index (χ4v) is 2.88. The highest BCUT2D eigenvalue weighted by atomic mass is 32.2. The van der Waals surface area contributed by atoms with Crippen LogP contribution in [0.15, 0.2) is 53.4 Å². The van der Waals surface area contributed by atoms with Gasteiger partial charge in [-0.2, -0.15) is 8.42 Å². The van der Waals surface area contributed by atoms with Gasteiger partial charge in [0.1, 0.15) is 5.75 Å². The van der Waals surface area contributed by atoms with E-state index in [9.17, 15) is 13.2 Å². The SMILES string of the molecule is CC(C)(C)c1ccc(OCCCNC(=O)Nc2ccc(S(=O)(=O)O)cc2)cc1. The van der Waals surface area contributed by atoms with E-state index in [1.807, 2.05) is 24.3 Å². The van der Waals surface area contributed by atoms with Crippen molar-refractivity contribution in [2.75, 3.05) is 18.5 Å². The van der Waals surface area contributed by atoms with Crippen LogP contribution in [-0.2, 0) is 15.5 Å². The fraction of sp³-hybridized carbons (Fsp3) is 0.350. The van der Waals surface area contributed by atoms with E-state index in [-0.39, 0.29) is 10.3 Å². The summed E-state index contributed by atoms with van der Waals surface area (Å²) in [5, 5.41) is 5.28. The zero-order valence-electron chi connectivity index (χ0n) is 16.2. The number of nitrogens with one attached hydrogen (secondary N) is 2. The third-order valence-electron chi connectivity index (χ3n) is 4.01. The predicted octanol–water partition coefficient (Wildman–Crippen LogP) is 3.82. The summed E-state index contributed by atoms with van der Waals surface area (Å²) in [6.45, 7) is 7.36. The van der Waals surface area contributed by atoms with Gasteiger partial charge in [0.25, 0.3) is 10.1 Å². The summed E-state index contributed by atoms with van der Waals surface area (Å²) in [5.74, 6) is 0.788. The molecule has 3 N–H and O–H groups in total. The Morgan fingerprint density at radius 2 is 1.64 bits per heavy atom. The van der Waals surface area contributed by atoms with Crippen LogP contribution in [0.25, 0.3) is 0 Å². The molecular formula is C20H26N2O5S. The van der Waals surface area contributed by atoms with Gasteiger partial charge in [-0.3, -0.25) is 4.55 Å². The maximum atomic E-state index is 11.8. The monoisotopic (exact) mass is 406 g/mol. The van der Waals surface area contributed by atoms with Crippen LogP contribution in [0.4, 0.5) is 10.5 Å². The number of carbonyl (C=O) groups excluding carboxylic acids is 1. The average Bonchev–Trinajstić information content (AvgIpc) is 2.61. The number of ether oxygens (including phenoxy) is 1. The van der Waals surface area contributed by atoms with Gasteiger partial charge in [0.05, 0.1) is 11.5 Å². The molecule has 7 nitrogen and oxygen atoms in total. The average molecular weight is 407 g/mol. The van der Waals surface area contributed by atoms with Crippen molar-refractivity contribution in [1.82, 2.24) is 5.32 Å². The Hall–Kier alpha value is -2.58. The molecule has 0 spiro atoms. The summed E-state index contributed by atoms with van der Waals surface area (Å²) in [7, 11) is -4.24. The van der Waals surface area contributed by atoms with Gasteiger partial charge in [0.2, 0.25) is 0 Å². The Balaban J connectivity index is 1.68. The maximum Gasteiger partial charge on any atom is 0.319 e. The quantitative estimate of drug-likeness (QED) is 0.479. The molecule has 0 aliphatic heterocycles. The van der Waals surface area contributed by atoms with Crippen molar-refractivity contribution in [2.24, 2.45) is 0 Å². The first-order valence-corrected chi connectivity index (χ1v) is 10.4. The van der Waals surface area contributed by atoms with Crippen molar-refractivity contribution in [2.45, 2.75) is 37.5 Å². The lowest BCUT2D eigenvalue weighted by atomic mass is 9.87. The highest BCUT2D eigenvalue weighted by molar-refractivity contribution is 7.85. The summed E-state index contributed by atoms with van der Waals surface area (Å²) in [6, 6.07) is 12.8. The molecular weight excluding hydrogens is 380 g/mol. The number of carbonyl (C=O) groups is 1. The standard InChI is InChI=1S/C20H26N2O5S/c1-20(2,3)15-5-9-17(10-6-15)27-14-4-13-21-19(23)22-16-7-11-18(12-8-16)28(24,25)26/h5-12H,4,13-14H2,1-3H3,(H2,21,22,23)(H,24,25,26). The van der Waals surface area contributed by atoms with E-state index in [4.69, 9.17) is 9.29 Å². The molecule has 2 rings (SSSR count). The molecule has 0 fully saturated rings. The summed E-state index contributed by atoms with van der Waals surface area (Å²) in [6.07, 6.45) is 0.635. The number of anilines is 1. The molecule has 2 amide bonds. The second kappa shape index (κ2) is 9.07. The third kappa shape index (κ3) is 6.86. The molecule has 0 aliphatic carbocycles. The van der Waals surface area contributed by atoms with Gasteiger partial charge in [-0.25, -0.2) is 4.79 Å². The Morgan fingerprint density at radius 3 is 2.18 bits per heavy atom. The van der Waals surface area contributed by atoms with Gasteiger partial charge < -0.3 is 15.4 Å². The Labute approximate surface area is 165 Å². The molecule has 0 aromatic heterocycles. The molecule has 0 aliphatic rings. The van der Waals surface area contributed by atoms with Crippen LogP contribution < -0.4 is 15.4 Å². The molecule has 28 heavy (non-hydrogen) atoms. The summed E-state index contributed by atoms with van der Waals surface area (Å²) in [4.78, 5) is 11.6. The van der Waals surface area contributed by atoms with Crippen LogP contribution in [0.3, 0.4) is 0 Å². The van der Waals surface area contributed by atoms with Crippen molar-refractivity contribution in [3.05, 3.63) is 54.1 Å². The van der Waals surface area contributed by atoms with Gasteiger partial charge in [0.15, 0.2) is 0 Å². The Bertz CT molecular complexity index is 886. The normalized spacial score (nSPS) is 11.7. The van der Waals surface area contributed by atoms with Crippen LogP contribution in [0, 0.1) is 0 Å². The van der Waals surface area contributed by atoms with E-state index in [0.717, 1.165) is 5.75 Å². The number of amides is 2. The molecule has 0 radical (unpaired) electrons. The lowest BCUT2D eigenvalue weighted by molar-refractivity contribution is 0.250. The molecule has 0 bridgehead atoms. The van der Waals surface area contributed by atoms with Gasteiger partial charge >= 0.3 is 6.03 Å². The van der Waals surface area contributed by atoms with Crippen LogP contribution in [-0.4, -0.2) is 32.2 Å². The van der Waals surface area contributed by atoms with E-state index < -0.39 is 16.1 Å². The van der Waals surface area contributed by atoms with Crippen molar-refractivity contribution < 1.29 is 22.5 Å². The van der Waals surface area contributed by atoms with Crippen LogP contribution in [0.2, 0.25) is 0 Å². The zero-order valence-corrected chi connectivity index (χ0v) is 17.0. The van der Waals surface area contributed by atoms with Gasteiger partial charge in [-0.15, -0.1) is 0 Å². The van der Waals surface area contributed by atoms with E-state index in [1.54, 1.807) is 0 Å². The van der Waals surface area contributed by atoms with E-state index in [2.05, 4.69) is 31.4 Å². The highest BCUT2D eigenvalue weighted by Crippen LogP contribution is 2.24. The fourth-order valence-electron chi connectivity index (χ4n) is 2.40. The van der Waals surface area contributed by atoms with Crippen LogP contribution >= 0.6 is 0 Å². The summed E-state index contributed by atoms with van der Waals surface area (Å²) in [5.41, 5.74) is 1.76. The maximum absolute atomic E-state index is 11.8. The first kappa shape index (κ1) is 21.7. The lowest BCUT2D eigenvalue weighted by Crippen LogP contribution is -2.30. The second-order valence-electron chi connectivity index (χ2n) is 7.36. The van der Waals surface area contributed by atoms with Gasteiger partial charge in [0, 0.05) is 12.2 Å². The second-order valence-corrected chi connectivity index (χ2v) is 8.78. The molecule has 0 atom stereocenters. The molecule has 152 valence electrons. The highest BCUT2D eigenvalue weighted by Gasteiger charge is 2.13. The Kier molecular flexibility index (Phi) is 7.04. The van der Waals surface area contributed by atoms with Crippen molar-refractivity contribution in [3.63, 3.8) is 0 Å². The first-order valence-electron chi connectivity index (χ1n) is 8.91. The molecule has 0 saturated carbocycles. The number of benzene rings is 2. The van der Waals surface area contributed by atoms with E-state index >= 15 is 0 Å². The Morgan fingerprint density at radius 1 is 1.04 bits per heavy atom. The van der Waals surface area contributed by atoms with Crippen molar-refractivity contribution in [1.29, 1.82) is 0 Å². The molecule has 8 heteroatoms. The number of urea groups is 1. The minimum atomic E-state index is -4.24. The molecule has 2 aromatic rings. The predicted molar refractivity (Wildman–Crippen MR) is 109 cm³/mol. The van der Waals surface area contributed by atoms with Gasteiger partial charge in [-0.1, -0.05) is 32.9 Å². The molecule has 2 aromatic carbocycles. The van der Waals surface area contributed by atoms with Crippen LogP contribution in [0.5, 0.6) is 5.75 Å². The van der Waals surface area contributed by atoms with Gasteiger partial charge in [-0.05, 0) is 53.8 Å². The van der Waals surface area contributed by atoms with Crippen LogP contribution in [0.1, 0.15) is 32.8 Å². The molecule has 0 heterocycles. The largest absolute Gasteiger partial charge is 0.494 e. The summed E-state index contributed by atoms with van der Waals surface area (Å²) >= 11 is 0. The van der Waals surface area contributed by atoms with Crippen molar-refractivity contribution in [3.8, 4) is 5.75 Å². The minimum absolute atomic E-state index is 0.0997. The summed E-state index contributed by atoms with van der Waals surface area (Å²) < 4.78 is 36.5. The topological polar surface area (TPSA) is 105 Å². The van der Waals surface area contributed by atoms with E-state index in [0.29, 0.717) is 25.3 Å². The lowest BCUT2D eigenvalue weighted by Gasteiger charge is -2.19. The minimum Gasteiger partial charge on any atom is -0.494 e. The van der Waals surface area contributed by atoms with E-state index in [1.165, 1.54) is 29.8 Å². The number of hydrogen-bond acceptors (Lipinski definition) is 4. The number of rotatable bonds is 7. The third-order valence-corrected chi connectivity index (χ3v) is 4.87. The zero-order chi connectivity index (χ0) is 20.8. The smallest absolute Gasteiger partial charge is 0.319 e. The number of hydrogen-bond donors (Lipinski definition) is 3. The van der Waals surface area contributed by atoms with Crippen molar-refractivity contribution >= 4 is 21.8 Å². The molecule has 0 saturated heterocycles.